The van der Waals surface area contributed by atoms with Crippen molar-refractivity contribution in [2.24, 2.45) is 0 Å². The van der Waals surface area contributed by atoms with E-state index < -0.39 is 0 Å². The second kappa shape index (κ2) is 9.12. The molecule has 0 radical (unpaired) electrons. The summed E-state index contributed by atoms with van der Waals surface area (Å²) in [5.74, 6) is 0.866. The monoisotopic (exact) mass is 423 g/mol. The third-order valence-electron chi connectivity index (χ3n) is 3.36. The topological polar surface area (TPSA) is 77.2 Å². The van der Waals surface area contributed by atoms with Crippen molar-refractivity contribution in [2.75, 3.05) is 11.1 Å². The fourth-order valence-corrected chi connectivity index (χ4v) is 2.96. The number of hydrogen-bond donors (Lipinski definition) is 1. The minimum absolute atomic E-state index is 0.0866. The molecule has 9 heteroatoms. The first-order valence-electron chi connectivity index (χ1n) is 7.89. The highest BCUT2D eigenvalue weighted by molar-refractivity contribution is 7.99. The van der Waals surface area contributed by atoms with Crippen molar-refractivity contribution >= 4 is 46.6 Å². The summed E-state index contributed by atoms with van der Waals surface area (Å²) in [6.45, 7) is 2.16. The number of aryl methyl sites for hydroxylation is 1. The number of thioether (sulfide) groups is 1. The maximum atomic E-state index is 12.0. The average Bonchev–Trinajstić information content (AvgIpc) is 3.10. The highest BCUT2D eigenvalue weighted by Gasteiger charge is 2.12. The van der Waals surface area contributed by atoms with Crippen molar-refractivity contribution in [2.45, 2.75) is 18.8 Å². The van der Waals surface area contributed by atoms with Crippen LogP contribution in [0.4, 0.5) is 5.69 Å². The van der Waals surface area contributed by atoms with Crippen molar-refractivity contribution in [1.82, 2.24) is 10.2 Å². The van der Waals surface area contributed by atoms with Gasteiger partial charge >= 0.3 is 0 Å². The van der Waals surface area contributed by atoms with Gasteiger partial charge in [-0.05, 0) is 37.3 Å². The molecular formula is C18H15Cl2N3O3S. The normalized spacial score (nSPS) is 10.6. The third kappa shape index (κ3) is 5.89. The lowest BCUT2D eigenvalue weighted by Gasteiger charge is -2.06. The quantitative estimate of drug-likeness (QED) is 0.539. The summed E-state index contributed by atoms with van der Waals surface area (Å²) in [5, 5.41) is 11.7. The van der Waals surface area contributed by atoms with Gasteiger partial charge in [0.25, 0.3) is 11.1 Å². The molecule has 0 fully saturated rings. The predicted molar refractivity (Wildman–Crippen MR) is 106 cm³/mol. The van der Waals surface area contributed by atoms with E-state index in [1.165, 1.54) is 0 Å². The standard InChI is InChI=1S/C18H15Cl2N3O3S/c1-11-2-5-13(6-3-11)25-9-17-22-23-18(26-17)27-10-16(24)21-15-8-12(19)4-7-14(15)20/h2-8H,9-10H2,1H3,(H,21,24). The number of nitrogens with zero attached hydrogens (tertiary/aromatic N) is 2. The SMILES string of the molecule is Cc1ccc(OCc2nnc(SCC(=O)Nc3cc(Cl)ccc3Cl)o2)cc1. The highest BCUT2D eigenvalue weighted by atomic mass is 35.5. The summed E-state index contributed by atoms with van der Waals surface area (Å²) in [6, 6.07) is 12.5. The number of anilines is 1. The number of halogens is 2. The van der Waals surface area contributed by atoms with Crippen LogP contribution in [0.2, 0.25) is 10.0 Å². The Morgan fingerprint density at radius 2 is 1.96 bits per heavy atom. The van der Waals surface area contributed by atoms with E-state index in [0.717, 1.165) is 17.3 Å². The number of carbonyl (C=O) groups excluding carboxylic acids is 1. The number of hydrogen-bond acceptors (Lipinski definition) is 6. The maximum Gasteiger partial charge on any atom is 0.277 e. The highest BCUT2D eigenvalue weighted by Crippen LogP contribution is 2.26. The van der Waals surface area contributed by atoms with E-state index in [0.29, 0.717) is 27.4 Å². The van der Waals surface area contributed by atoms with Crippen LogP contribution >= 0.6 is 35.0 Å². The number of carbonyl (C=O) groups is 1. The minimum atomic E-state index is -0.264. The van der Waals surface area contributed by atoms with Crippen LogP contribution in [0.5, 0.6) is 5.75 Å². The Hall–Kier alpha value is -2.22. The molecule has 6 nitrogen and oxygen atoms in total. The molecule has 1 N–H and O–H groups in total. The van der Waals surface area contributed by atoms with Crippen LogP contribution in [0, 0.1) is 6.92 Å². The first-order chi connectivity index (χ1) is 13.0. The Bertz CT molecular complexity index is 932. The van der Waals surface area contributed by atoms with E-state index in [1.54, 1.807) is 18.2 Å². The van der Waals surface area contributed by atoms with E-state index >= 15 is 0 Å². The first kappa shape index (κ1) is 19.5. The largest absolute Gasteiger partial charge is 0.484 e. The second-order valence-corrected chi connectivity index (χ2v) is 7.29. The zero-order valence-corrected chi connectivity index (χ0v) is 16.6. The molecule has 0 atom stereocenters. The van der Waals surface area contributed by atoms with Crippen molar-refractivity contribution in [3.8, 4) is 5.75 Å². The summed E-state index contributed by atoms with van der Waals surface area (Å²) < 4.78 is 11.0. The minimum Gasteiger partial charge on any atom is -0.484 e. The van der Waals surface area contributed by atoms with Gasteiger partial charge in [0.2, 0.25) is 5.91 Å². The molecule has 0 aliphatic heterocycles. The summed E-state index contributed by atoms with van der Waals surface area (Å²) in [7, 11) is 0. The molecule has 0 saturated heterocycles. The van der Waals surface area contributed by atoms with Crippen LogP contribution in [0.25, 0.3) is 0 Å². The summed E-state index contributed by atoms with van der Waals surface area (Å²) >= 11 is 13.0. The third-order valence-corrected chi connectivity index (χ3v) is 4.74. The van der Waals surface area contributed by atoms with Gasteiger partial charge in [-0.15, -0.1) is 10.2 Å². The van der Waals surface area contributed by atoms with E-state index in [4.69, 9.17) is 32.4 Å². The fourth-order valence-electron chi connectivity index (χ4n) is 2.04. The lowest BCUT2D eigenvalue weighted by atomic mass is 10.2. The zero-order valence-electron chi connectivity index (χ0n) is 14.2. The van der Waals surface area contributed by atoms with Gasteiger partial charge in [0.05, 0.1) is 16.5 Å². The average molecular weight is 424 g/mol. The van der Waals surface area contributed by atoms with Gasteiger partial charge < -0.3 is 14.5 Å². The molecule has 3 rings (SSSR count). The predicted octanol–water partition coefficient (Wildman–Crippen LogP) is 4.99. The van der Waals surface area contributed by atoms with Crippen molar-refractivity contribution in [3.63, 3.8) is 0 Å². The summed E-state index contributed by atoms with van der Waals surface area (Å²) in [5.41, 5.74) is 1.60. The van der Waals surface area contributed by atoms with E-state index in [2.05, 4.69) is 15.5 Å². The molecule has 1 amide bonds. The molecule has 2 aromatic carbocycles. The van der Waals surface area contributed by atoms with Crippen LogP contribution < -0.4 is 10.1 Å². The smallest absolute Gasteiger partial charge is 0.277 e. The number of rotatable bonds is 7. The molecule has 0 aliphatic carbocycles. The molecule has 3 aromatic rings. The van der Waals surface area contributed by atoms with Gasteiger partial charge in [-0.3, -0.25) is 4.79 Å². The van der Waals surface area contributed by atoms with E-state index in [1.807, 2.05) is 31.2 Å². The van der Waals surface area contributed by atoms with Crippen molar-refractivity contribution in [1.29, 1.82) is 0 Å². The van der Waals surface area contributed by atoms with Crippen LogP contribution in [-0.4, -0.2) is 21.9 Å². The molecule has 140 valence electrons. The number of benzene rings is 2. The second-order valence-electron chi connectivity index (χ2n) is 5.52. The molecule has 0 bridgehead atoms. The summed E-state index contributed by atoms with van der Waals surface area (Å²) in [4.78, 5) is 12.0. The molecule has 27 heavy (non-hydrogen) atoms. The molecule has 0 spiro atoms. The zero-order chi connectivity index (χ0) is 19.2. The van der Waals surface area contributed by atoms with Gasteiger partial charge in [-0.25, -0.2) is 0 Å². The Labute approximate surface area is 170 Å². The van der Waals surface area contributed by atoms with Gasteiger partial charge in [0.1, 0.15) is 5.75 Å². The molecular weight excluding hydrogens is 409 g/mol. The Morgan fingerprint density at radius 3 is 2.74 bits per heavy atom. The Kier molecular flexibility index (Phi) is 6.60. The van der Waals surface area contributed by atoms with Crippen molar-refractivity contribution in [3.05, 3.63) is 64.0 Å². The molecule has 1 heterocycles. The van der Waals surface area contributed by atoms with Gasteiger partial charge in [0.15, 0.2) is 6.61 Å². The molecule has 1 aromatic heterocycles. The first-order valence-corrected chi connectivity index (χ1v) is 9.63. The van der Waals surface area contributed by atoms with Crippen LogP contribution in [0.3, 0.4) is 0 Å². The van der Waals surface area contributed by atoms with Gasteiger partial charge in [0, 0.05) is 5.02 Å². The molecule has 0 aliphatic rings. The molecule has 0 saturated carbocycles. The van der Waals surface area contributed by atoms with Crippen LogP contribution in [0.15, 0.2) is 52.1 Å². The van der Waals surface area contributed by atoms with Crippen molar-refractivity contribution < 1.29 is 13.9 Å². The maximum absolute atomic E-state index is 12.0. The number of amides is 1. The van der Waals surface area contributed by atoms with Crippen LogP contribution in [-0.2, 0) is 11.4 Å². The molecule has 0 unspecified atom stereocenters. The summed E-state index contributed by atoms with van der Waals surface area (Å²) in [6.07, 6.45) is 0. The Morgan fingerprint density at radius 1 is 1.19 bits per heavy atom. The lowest BCUT2D eigenvalue weighted by molar-refractivity contribution is -0.113. The number of aromatic nitrogens is 2. The van der Waals surface area contributed by atoms with Gasteiger partial charge in [-0.1, -0.05) is 52.7 Å². The Balaban J connectivity index is 1.48. The van der Waals surface area contributed by atoms with E-state index in [-0.39, 0.29) is 23.5 Å². The lowest BCUT2D eigenvalue weighted by Crippen LogP contribution is -2.14. The number of ether oxygens (including phenoxy) is 1. The van der Waals surface area contributed by atoms with E-state index in [9.17, 15) is 4.79 Å². The van der Waals surface area contributed by atoms with Gasteiger partial charge in [-0.2, -0.15) is 0 Å². The fraction of sp³-hybridized carbons (Fsp3) is 0.167. The number of nitrogens with one attached hydrogen (secondary N) is 1. The van der Waals surface area contributed by atoms with Crippen LogP contribution in [0.1, 0.15) is 11.5 Å².